The molecule has 0 unspecified atom stereocenters. The van der Waals surface area contributed by atoms with Crippen molar-refractivity contribution in [2.45, 2.75) is 45.5 Å². The summed E-state index contributed by atoms with van der Waals surface area (Å²) in [5.74, 6) is 0.642. The Labute approximate surface area is 171 Å². The first-order valence-electron chi connectivity index (χ1n) is 9.79. The van der Waals surface area contributed by atoms with E-state index in [9.17, 15) is 17.6 Å². The minimum Gasteiger partial charge on any atom is -0.366 e. The molecule has 1 aliphatic heterocycles. The molecule has 8 heteroatoms. The number of hydrogen-bond acceptors (Lipinski definition) is 3. The molecule has 2 aromatic carbocycles. The highest BCUT2D eigenvalue weighted by Gasteiger charge is 2.34. The van der Waals surface area contributed by atoms with Gasteiger partial charge in [0.1, 0.15) is 24.7 Å². The van der Waals surface area contributed by atoms with E-state index in [0.717, 1.165) is 34.3 Å². The van der Waals surface area contributed by atoms with E-state index < -0.39 is 24.0 Å². The van der Waals surface area contributed by atoms with Gasteiger partial charge in [-0.3, -0.25) is 4.90 Å². The van der Waals surface area contributed by atoms with Crippen LogP contribution < -0.4 is 0 Å². The van der Waals surface area contributed by atoms with Crippen molar-refractivity contribution in [2.75, 3.05) is 13.1 Å². The second-order valence-corrected chi connectivity index (χ2v) is 7.89. The lowest BCUT2D eigenvalue weighted by atomic mass is 10.1. The fourth-order valence-corrected chi connectivity index (χ4v) is 3.73. The van der Waals surface area contributed by atoms with E-state index in [-0.39, 0.29) is 13.2 Å². The van der Waals surface area contributed by atoms with Gasteiger partial charge in [0.25, 0.3) is 0 Å². The Bertz CT molecular complexity index is 990. The number of aromatic amines is 1. The number of hydrogen-bond donors (Lipinski definition) is 1. The number of aryl methyl sites for hydroxylation is 2. The number of nitrogens with zero attached hydrogens (tertiary/aromatic N) is 2. The molecule has 0 radical (unpaired) electrons. The first-order chi connectivity index (χ1) is 14.2. The van der Waals surface area contributed by atoms with Gasteiger partial charge in [-0.05, 0) is 54.8 Å². The van der Waals surface area contributed by atoms with Gasteiger partial charge >= 0.3 is 6.18 Å². The minimum atomic E-state index is -4.36. The predicted octanol–water partition coefficient (Wildman–Crippen LogP) is 4.94. The number of halogens is 4. The van der Waals surface area contributed by atoms with Crippen LogP contribution in [-0.2, 0) is 24.1 Å². The molecule has 0 spiro atoms. The SMILES string of the molecule is Cc1cc2nc(CO[C@H]3CN(Cc4ccc(C(F)(F)F)cc4)C[C@H]3F)[nH]c2cc1C. The van der Waals surface area contributed by atoms with Crippen LogP contribution in [-0.4, -0.2) is 40.2 Å². The Balaban J connectivity index is 1.34. The second kappa shape index (κ2) is 8.00. The van der Waals surface area contributed by atoms with Gasteiger partial charge in [-0.1, -0.05) is 12.1 Å². The summed E-state index contributed by atoms with van der Waals surface area (Å²) in [7, 11) is 0. The molecule has 4 rings (SSSR count). The molecule has 160 valence electrons. The Morgan fingerprint density at radius 3 is 2.50 bits per heavy atom. The minimum absolute atomic E-state index is 0.173. The van der Waals surface area contributed by atoms with Crippen LogP contribution in [0, 0.1) is 13.8 Å². The fourth-order valence-electron chi connectivity index (χ4n) is 3.73. The third-order valence-electron chi connectivity index (χ3n) is 5.54. The maximum absolute atomic E-state index is 14.4. The van der Waals surface area contributed by atoms with Gasteiger partial charge in [-0.25, -0.2) is 9.37 Å². The Morgan fingerprint density at radius 2 is 1.80 bits per heavy atom. The summed E-state index contributed by atoms with van der Waals surface area (Å²) >= 11 is 0. The number of ether oxygens (including phenoxy) is 1. The molecular formula is C22H23F4N3O. The first-order valence-corrected chi connectivity index (χ1v) is 9.79. The molecule has 2 heterocycles. The lowest BCUT2D eigenvalue weighted by Gasteiger charge is -2.16. The van der Waals surface area contributed by atoms with E-state index in [4.69, 9.17) is 4.74 Å². The number of benzene rings is 2. The normalized spacial score (nSPS) is 20.3. The van der Waals surface area contributed by atoms with E-state index in [1.165, 1.54) is 12.1 Å². The van der Waals surface area contributed by atoms with E-state index in [2.05, 4.69) is 9.97 Å². The summed E-state index contributed by atoms with van der Waals surface area (Å²) in [5.41, 5.74) is 4.11. The third kappa shape index (κ3) is 4.49. The molecule has 1 aliphatic rings. The smallest absolute Gasteiger partial charge is 0.366 e. The zero-order chi connectivity index (χ0) is 21.5. The molecule has 1 fully saturated rings. The van der Waals surface area contributed by atoms with Gasteiger partial charge in [0, 0.05) is 19.6 Å². The topological polar surface area (TPSA) is 41.1 Å². The van der Waals surface area contributed by atoms with E-state index in [1.54, 1.807) is 0 Å². The van der Waals surface area contributed by atoms with Crippen molar-refractivity contribution < 1.29 is 22.3 Å². The van der Waals surface area contributed by atoms with Gasteiger partial charge in [0.15, 0.2) is 0 Å². The maximum Gasteiger partial charge on any atom is 0.416 e. The van der Waals surface area contributed by atoms with E-state index >= 15 is 0 Å². The van der Waals surface area contributed by atoms with Gasteiger partial charge in [0.05, 0.1) is 16.6 Å². The average Bonchev–Trinajstić information content (AvgIpc) is 3.22. The van der Waals surface area contributed by atoms with Gasteiger partial charge < -0.3 is 9.72 Å². The quantitative estimate of drug-likeness (QED) is 0.594. The van der Waals surface area contributed by atoms with E-state index in [1.807, 2.05) is 30.9 Å². The highest BCUT2D eigenvalue weighted by Crippen LogP contribution is 2.29. The predicted molar refractivity (Wildman–Crippen MR) is 106 cm³/mol. The second-order valence-electron chi connectivity index (χ2n) is 7.89. The van der Waals surface area contributed by atoms with Crippen molar-refractivity contribution in [2.24, 2.45) is 0 Å². The number of H-pyrrole nitrogens is 1. The third-order valence-corrected chi connectivity index (χ3v) is 5.54. The van der Waals surface area contributed by atoms with Gasteiger partial charge in [-0.15, -0.1) is 0 Å². The number of alkyl halides is 4. The molecule has 1 aromatic heterocycles. The number of aromatic nitrogens is 2. The molecule has 2 atom stereocenters. The summed E-state index contributed by atoms with van der Waals surface area (Å²) in [4.78, 5) is 9.56. The van der Waals surface area contributed by atoms with Crippen LogP contribution in [0.25, 0.3) is 11.0 Å². The molecule has 4 nitrogen and oxygen atoms in total. The lowest BCUT2D eigenvalue weighted by molar-refractivity contribution is -0.137. The van der Waals surface area contributed by atoms with Crippen molar-refractivity contribution in [1.29, 1.82) is 0 Å². The van der Waals surface area contributed by atoms with E-state index in [0.29, 0.717) is 24.5 Å². The molecule has 0 saturated carbocycles. The van der Waals surface area contributed by atoms with Crippen LogP contribution >= 0.6 is 0 Å². The summed E-state index contributed by atoms with van der Waals surface area (Å²) in [6.45, 7) is 5.17. The standard InChI is InChI=1S/C22H23F4N3O/c1-13-7-18-19(8-14(13)2)28-21(27-18)12-30-20-11-29(10-17(20)23)9-15-3-5-16(6-4-15)22(24,25)26/h3-8,17,20H,9-12H2,1-2H3,(H,27,28)/t17-,20+/m1/s1. The molecule has 3 aromatic rings. The highest BCUT2D eigenvalue weighted by atomic mass is 19.4. The largest absolute Gasteiger partial charge is 0.416 e. The molecule has 30 heavy (non-hydrogen) atoms. The Kier molecular flexibility index (Phi) is 5.55. The maximum atomic E-state index is 14.4. The van der Waals surface area contributed by atoms with Gasteiger partial charge in [-0.2, -0.15) is 13.2 Å². The molecular weight excluding hydrogens is 398 g/mol. The van der Waals surface area contributed by atoms with Crippen LogP contribution in [0.1, 0.15) is 28.1 Å². The first kappa shape index (κ1) is 20.8. The van der Waals surface area contributed by atoms with Crippen molar-refractivity contribution in [1.82, 2.24) is 14.9 Å². The van der Waals surface area contributed by atoms with Crippen LogP contribution in [0.5, 0.6) is 0 Å². The van der Waals surface area contributed by atoms with Crippen molar-refractivity contribution >= 4 is 11.0 Å². The highest BCUT2D eigenvalue weighted by molar-refractivity contribution is 5.77. The zero-order valence-electron chi connectivity index (χ0n) is 16.8. The zero-order valence-corrected chi connectivity index (χ0v) is 16.8. The van der Waals surface area contributed by atoms with Gasteiger partial charge in [0.2, 0.25) is 0 Å². The number of nitrogens with one attached hydrogen (secondary N) is 1. The lowest BCUT2D eigenvalue weighted by Crippen LogP contribution is -2.24. The molecule has 1 saturated heterocycles. The summed E-state index contributed by atoms with van der Waals surface area (Å²) in [6.07, 6.45) is -6.12. The Hall–Kier alpha value is -2.45. The van der Waals surface area contributed by atoms with Crippen LogP contribution in [0.15, 0.2) is 36.4 Å². The molecule has 0 amide bonds. The van der Waals surface area contributed by atoms with Crippen LogP contribution in [0.2, 0.25) is 0 Å². The van der Waals surface area contributed by atoms with Crippen LogP contribution in [0.4, 0.5) is 17.6 Å². The van der Waals surface area contributed by atoms with Crippen LogP contribution in [0.3, 0.4) is 0 Å². The molecule has 1 N–H and O–H groups in total. The molecule has 0 aliphatic carbocycles. The van der Waals surface area contributed by atoms with Crippen molar-refractivity contribution in [3.05, 3.63) is 64.5 Å². The number of likely N-dealkylation sites (tertiary alicyclic amines) is 1. The van der Waals surface area contributed by atoms with Crippen molar-refractivity contribution in [3.63, 3.8) is 0 Å². The molecule has 0 bridgehead atoms. The average molecular weight is 421 g/mol. The monoisotopic (exact) mass is 421 g/mol. The Morgan fingerprint density at radius 1 is 1.10 bits per heavy atom. The summed E-state index contributed by atoms with van der Waals surface area (Å²) < 4.78 is 58.2. The number of fused-ring (bicyclic) bond motifs is 1. The fraction of sp³-hybridized carbons (Fsp3) is 0.409. The summed E-state index contributed by atoms with van der Waals surface area (Å²) in [6, 6.07) is 9.00. The number of rotatable bonds is 5. The van der Waals surface area contributed by atoms with Crippen molar-refractivity contribution in [3.8, 4) is 0 Å². The number of imidazole rings is 1. The summed E-state index contributed by atoms with van der Waals surface area (Å²) in [5, 5.41) is 0.